The number of carbonyl (C=O) groups is 3. The van der Waals surface area contributed by atoms with Crippen molar-refractivity contribution >= 4 is 46.8 Å². The van der Waals surface area contributed by atoms with Crippen molar-refractivity contribution in [3.63, 3.8) is 0 Å². The van der Waals surface area contributed by atoms with E-state index in [1.165, 1.54) is 24.3 Å². The minimum Gasteiger partial charge on any atom is -0.444 e. The summed E-state index contributed by atoms with van der Waals surface area (Å²) in [7, 11) is 0. The SMILES string of the molecule is CC(C)(C)OC(=O)NCc1cc(Cl)c(NC(=O)CN2CCN(CCCCC(c3ccc(F)cc3)c3ccc(F)cc3)CC2C(N)=O)c(Cl)c1. The van der Waals surface area contributed by atoms with Gasteiger partial charge in [-0.2, -0.15) is 0 Å². The topological polar surface area (TPSA) is 117 Å². The molecule has 0 bridgehead atoms. The fourth-order valence-corrected chi connectivity index (χ4v) is 6.46. The maximum atomic E-state index is 13.6. The quantitative estimate of drug-likeness (QED) is 0.169. The molecule has 1 unspecified atom stereocenters. The van der Waals surface area contributed by atoms with Gasteiger partial charge in [0.15, 0.2) is 0 Å². The van der Waals surface area contributed by atoms with Gasteiger partial charge in [-0.15, -0.1) is 0 Å². The zero-order chi connectivity index (χ0) is 35.7. The number of nitrogens with zero attached hydrogens (tertiary/aromatic N) is 2. The summed E-state index contributed by atoms with van der Waals surface area (Å²) in [6.45, 7) is 7.51. The summed E-state index contributed by atoms with van der Waals surface area (Å²) in [5.74, 6) is -1.56. The van der Waals surface area contributed by atoms with Crippen molar-refractivity contribution in [1.29, 1.82) is 0 Å². The van der Waals surface area contributed by atoms with Crippen LogP contribution < -0.4 is 16.4 Å². The molecule has 1 atom stereocenters. The number of benzene rings is 3. The van der Waals surface area contributed by atoms with E-state index in [0.717, 1.165) is 36.9 Å². The van der Waals surface area contributed by atoms with Crippen molar-refractivity contribution in [2.24, 2.45) is 5.73 Å². The van der Waals surface area contributed by atoms with Gasteiger partial charge >= 0.3 is 6.09 Å². The molecule has 4 rings (SSSR count). The maximum Gasteiger partial charge on any atom is 0.407 e. The lowest BCUT2D eigenvalue weighted by molar-refractivity contribution is -0.127. The molecule has 264 valence electrons. The maximum absolute atomic E-state index is 13.6. The predicted molar refractivity (Wildman–Crippen MR) is 188 cm³/mol. The standard InChI is InChI=1S/C36H43Cl2F2N5O4/c1-36(2,3)49-35(48)42-20-23-18-29(37)33(30(38)19-23)43-32(46)22-45-17-16-44(21-31(45)34(41)47)15-5-4-6-28(24-7-11-26(39)12-8-24)25-9-13-27(40)14-10-25/h7-14,18-19,28,31H,4-6,15-17,20-22H2,1-3H3,(H2,41,47)(H,42,48)(H,43,46). The summed E-state index contributed by atoms with van der Waals surface area (Å²) >= 11 is 12.9. The Labute approximate surface area is 296 Å². The number of ether oxygens (including phenoxy) is 1. The van der Waals surface area contributed by atoms with Crippen LogP contribution in [0, 0.1) is 11.6 Å². The number of hydrogen-bond donors (Lipinski definition) is 3. The van der Waals surface area contributed by atoms with Gasteiger partial charge in [-0.1, -0.05) is 53.9 Å². The van der Waals surface area contributed by atoms with Crippen LogP contribution in [-0.4, -0.2) is 72.1 Å². The average molecular weight is 719 g/mol. The molecule has 0 saturated carbocycles. The van der Waals surface area contributed by atoms with Crippen LogP contribution in [0.25, 0.3) is 0 Å². The Morgan fingerprint density at radius 1 is 0.939 bits per heavy atom. The van der Waals surface area contributed by atoms with Crippen LogP contribution in [-0.2, 0) is 20.9 Å². The van der Waals surface area contributed by atoms with Crippen LogP contribution >= 0.6 is 23.2 Å². The number of hydrogen-bond acceptors (Lipinski definition) is 6. The Hall–Kier alpha value is -3.77. The highest BCUT2D eigenvalue weighted by molar-refractivity contribution is 6.39. The van der Waals surface area contributed by atoms with Crippen LogP contribution in [0.15, 0.2) is 60.7 Å². The molecule has 0 aliphatic carbocycles. The van der Waals surface area contributed by atoms with Crippen LogP contribution in [0.4, 0.5) is 19.3 Å². The Morgan fingerprint density at radius 2 is 1.51 bits per heavy atom. The molecule has 1 aliphatic heterocycles. The number of anilines is 1. The van der Waals surface area contributed by atoms with Crippen LogP contribution in [0.5, 0.6) is 0 Å². The lowest BCUT2D eigenvalue weighted by Crippen LogP contribution is -2.59. The van der Waals surface area contributed by atoms with E-state index in [1.807, 2.05) is 0 Å². The lowest BCUT2D eigenvalue weighted by Gasteiger charge is -2.39. The number of piperazine rings is 1. The first-order valence-corrected chi connectivity index (χ1v) is 17.0. The van der Waals surface area contributed by atoms with Crippen molar-refractivity contribution in [2.75, 3.05) is 38.0 Å². The van der Waals surface area contributed by atoms with Gasteiger partial charge in [0.25, 0.3) is 0 Å². The summed E-state index contributed by atoms with van der Waals surface area (Å²) in [6.07, 6.45) is 1.88. The fourth-order valence-electron chi connectivity index (χ4n) is 5.84. The number of rotatable bonds is 13. The van der Waals surface area contributed by atoms with E-state index in [-0.39, 0.29) is 46.4 Å². The Kier molecular flexibility index (Phi) is 13.4. The molecule has 1 saturated heterocycles. The second kappa shape index (κ2) is 17.2. The first kappa shape index (κ1) is 38.0. The molecular weight excluding hydrogens is 675 g/mol. The van der Waals surface area contributed by atoms with Gasteiger partial charge in [0.05, 0.1) is 22.3 Å². The molecule has 13 heteroatoms. The van der Waals surface area contributed by atoms with Crippen molar-refractivity contribution in [3.05, 3.63) is 99.0 Å². The molecule has 3 aromatic rings. The summed E-state index contributed by atoms with van der Waals surface area (Å²) in [5.41, 5.74) is 7.89. The second-order valence-corrected chi connectivity index (χ2v) is 14.0. The molecule has 3 aromatic carbocycles. The molecule has 3 amide bonds. The van der Waals surface area contributed by atoms with Crippen molar-refractivity contribution in [3.8, 4) is 0 Å². The highest BCUT2D eigenvalue weighted by atomic mass is 35.5. The molecule has 0 radical (unpaired) electrons. The summed E-state index contributed by atoms with van der Waals surface area (Å²) in [5, 5.41) is 5.77. The summed E-state index contributed by atoms with van der Waals surface area (Å²) < 4.78 is 32.4. The van der Waals surface area contributed by atoms with E-state index >= 15 is 0 Å². The van der Waals surface area contributed by atoms with E-state index in [2.05, 4.69) is 15.5 Å². The number of halogens is 4. The van der Waals surface area contributed by atoms with Gasteiger partial charge in [0.1, 0.15) is 23.3 Å². The molecule has 1 heterocycles. The van der Waals surface area contributed by atoms with Gasteiger partial charge in [-0.25, -0.2) is 13.6 Å². The van der Waals surface area contributed by atoms with Crippen LogP contribution in [0.3, 0.4) is 0 Å². The third-order valence-electron chi connectivity index (χ3n) is 8.21. The zero-order valence-electron chi connectivity index (χ0n) is 27.9. The highest BCUT2D eigenvalue weighted by Crippen LogP contribution is 2.33. The molecule has 1 aliphatic rings. The average Bonchev–Trinajstić information content (AvgIpc) is 3.02. The molecule has 9 nitrogen and oxygen atoms in total. The highest BCUT2D eigenvalue weighted by Gasteiger charge is 2.32. The monoisotopic (exact) mass is 717 g/mol. The van der Waals surface area contributed by atoms with Gasteiger partial charge in [0.2, 0.25) is 11.8 Å². The van der Waals surface area contributed by atoms with E-state index in [1.54, 1.807) is 62.1 Å². The number of primary amides is 1. The van der Waals surface area contributed by atoms with Gasteiger partial charge < -0.3 is 21.1 Å². The van der Waals surface area contributed by atoms with Gasteiger partial charge in [-0.05, 0) is 93.2 Å². The molecule has 1 fully saturated rings. The molecule has 49 heavy (non-hydrogen) atoms. The molecule has 4 N–H and O–H groups in total. The number of amides is 3. The minimum absolute atomic E-state index is 0.0120. The van der Waals surface area contributed by atoms with E-state index < -0.39 is 29.6 Å². The van der Waals surface area contributed by atoms with Crippen molar-refractivity contribution in [2.45, 2.75) is 64.1 Å². The largest absolute Gasteiger partial charge is 0.444 e. The number of alkyl carbamates (subject to hydrolysis) is 1. The number of nitrogens with two attached hydrogens (primary N) is 1. The van der Waals surface area contributed by atoms with E-state index in [9.17, 15) is 23.2 Å². The number of carbonyl (C=O) groups excluding carboxylic acids is 3. The Balaban J connectivity index is 1.28. The van der Waals surface area contributed by atoms with Gasteiger partial charge in [0, 0.05) is 32.1 Å². The third kappa shape index (κ3) is 11.7. The van der Waals surface area contributed by atoms with Crippen LogP contribution in [0.1, 0.15) is 62.6 Å². The number of nitrogens with one attached hydrogen (secondary N) is 2. The summed E-state index contributed by atoms with van der Waals surface area (Å²) in [6, 6.07) is 15.3. The molecular formula is C36H43Cl2F2N5O4. The van der Waals surface area contributed by atoms with Crippen molar-refractivity contribution < 1.29 is 27.9 Å². The third-order valence-corrected chi connectivity index (χ3v) is 8.81. The Bertz CT molecular complexity index is 1530. The first-order valence-electron chi connectivity index (χ1n) is 16.2. The smallest absolute Gasteiger partial charge is 0.407 e. The molecule has 0 aromatic heterocycles. The van der Waals surface area contributed by atoms with E-state index in [4.69, 9.17) is 33.7 Å². The first-order chi connectivity index (χ1) is 23.2. The Morgan fingerprint density at radius 3 is 2.04 bits per heavy atom. The normalized spacial score (nSPS) is 15.6. The van der Waals surface area contributed by atoms with E-state index in [0.29, 0.717) is 25.2 Å². The predicted octanol–water partition coefficient (Wildman–Crippen LogP) is 6.71. The van der Waals surface area contributed by atoms with Crippen LogP contribution in [0.2, 0.25) is 10.0 Å². The lowest BCUT2D eigenvalue weighted by atomic mass is 9.87. The zero-order valence-corrected chi connectivity index (χ0v) is 29.4. The van der Waals surface area contributed by atoms with Gasteiger partial charge in [-0.3, -0.25) is 19.4 Å². The minimum atomic E-state index is -0.669. The number of unbranched alkanes of at least 4 members (excludes halogenated alkanes) is 1. The second-order valence-electron chi connectivity index (χ2n) is 13.2. The molecule has 0 spiro atoms. The summed E-state index contributed by atoms with van der Waals surface area (Å²) in [4.78, 5) is 41.4. The fraction of sp³-hybridized carbons (Fsp3) is 0.417. The van der Waals surface area contributed by atoms with Crippen molar-refractivity contribution in [1.82, 2.24) is 15.1 Å².